The highest BCUT2D eigenvalue weighted by Gasteiger charge is 2.34. The van der Waals surface area contributed by atoms with Crippen molar-refractivity contribution in [3.8, 4) is 16.9 Å². The zero-order chi connectivity index (χ0) is 25.2. The molecule has 4 N–H and O–H groups in total. The van der Waals surface area contributed by atoms with Gasteiger partial charge in [0, 0.05) is 27.9 Å². The molecule has 1 aliphatic carbocycles. The number of aromatic nitrogens is 1. The summed E-state index contributed by atoms with van der Waals surface area (Å²) < 4.78 is 19.9. The maximum atomic E-state index is 13.9. The van der Waals surface area contributed by atoms with E-state index in [9.17, 15) is 14.3 Å². The average Bonchev–Trinajstić information content (AvgIpc) is 3.32. The molecular formula is C26H26Cl2FN3O3. The van der Waals surface area contributed by atoms with Crippen LogP contribution in [0.2, 0.25) is 10.0 Å². The zero-order valence-electron chi connectivity index (χ0n) is 19.2. The van der Waals surface area contributed by atoms with Crippen LogP contribution in [0.5, 0.6) is 5.75 Å². The number of ether oxygens (including phenoxy) is 1. The predicted molar refractivity (Wildman–Crippen MR) is 135 cm³/mol. The van der Waals surface area contributed by atoms with Gasteiger partial charge in [0.25, 0.3) is 5.91 Å². The Hall–Kier alpha value is -2.87. The Bertz CT molecular complexity index is 1230. The quantitative estimate of drug-likeness (QED) is 0.336. The minimum atomic E-state index is -0.689. The number of nitrogens with zero attached hydrogens (tertiary/aromatic N) is 1. The standard InChI is InChI=1S/C26H26Cl2FN3O3/c1-15(22-19(27)8-9-20(29)23(22)28)35-21-12-18(13-31-24(21)30)16-4-6-17(7-5-16)25(34)32-26(14-33)10-2-3-11-26/h4-9,12-13,15,33H,2-3,10-11,14H2,1H3,(H2,30,31)(H,32,34). The molecule has 3 aromatic rings. The van der Waals surface area contributed by atoms with Gasteiger partial charge in [-0.3, -0.25) is 4.79 Å². The lowest BCUT2D eigenvalue weighted by Gasteiger charge is -2.28. The highest BCUT2D eigenvalue weighted by Crippen LogP contribution is 2.37. The van der Waals surface area contributed by atoms with Crippen LogP contribution in [0.4, 0.5) is 10.2 Å². The number of rotatable bonds is 7. The molecule has 35 heavy (non-hydrogen) atoms. The molecule has 1 saturated carbocycles. The number of amides is 1. The van der Waals surface area contributed by atoms with Gasteiger partial charge >= 0.3 is 0 Å². The molecule has 1 aliphatic rings. The average molecular weight is 518 g/mol. The first-order valence-electron chi connectivity index (χ1n) is 11.3. The molecule has 184 valence electrons. The van der Waals surface area contributed by atoms with Gasteiger partial charge in [0.2, 0.25) is 0 Å². The first-order valence-corrected chi connectivity index (χ1v) is 12.1. The number of anilines is 1. The Balaban J connectivity index is 1.53. The van der Waals surface area contributed by atoms with E-state index in [1.165, 1.54) is 12.1 Å². The molecule has 1 unspecified atom stereocenters. The van der Waals surface area contributed by atoms with Crippen LogP contribution in [0, 0.1) is 5.82 Å². The van der Waals surface area contributed by atoms with E-state index in [2.05, 4.69) is 10.3 Å². The number of hydrogen-bond donors (Lipinski definition) is 3. The maximum Gasteiger partial charge on any atom is 0.251 e. The number of carbonyl (C=O) groups is 1. The van der Waals surface area contributed by atoms with E-state index in [0.29, 0.717) is 22.4 Å². The smallest absolute Gasteiger partial charge is 0.251 e. The first kappa shape index (κ1) is 25.2. The van der Waals surface area contributed by atoms with Crippen molar-refractivity contribution in [1.82, 2.24) is 10.3 Å². The molecule has 0 bridgehead atoms. The van der Waals surface area contributed by atoms with Gasteiger partial charge < -0.3 is 20.9 Å². The largest absolute Gasteiger partial charge is 0.482 e. The molecule has 2 aromatic carbocycles. The Labute approximate surface area is 213 Å². The lowest BCUT2D eigenvalue weighted by molar-refractivity contribution is 0.0838. The molecule has 0 aliphatic heterocycles. The second-order valence-electron chi connectivity index (χ2n) is 8.80. The van der Waals surface area contributed by atoms with E-state index in [4.69, 9.17) is 33.7 Å². The normalized spacial score (nSPS) is 15.6. The SMILES string of the molecule is CC(Oc1cc(-c2ccc(C(=O)NC3(CO)CCCC3)cc2)cnc1N)c1c(Cl)ccc(F)c1Cl. The summed E-state index contributed by atoms with van der Waals surface area (Å²) in [4.78, 5) is 16.9. The third-order valence-electron chi connectivity index (χ3n) is 6.39. The van der Waals surface area contributed by atoms with Gasteiger partial charge in [-0.2, -0.15) is 0 Å². The molecule has 1 amide bonds. The van der Waals surface area contributed by atoms with Gasteiger partial charge in [0.15, 0.2) is 11.6 Å². The predicted octanol–water partition coefficient (Wildman–Crippen LogP) is 5.95. The highest BCUT2D eigenvalue weighted by molar-refractivity contribution is 6.36. The van der Waals surface area contributed by atoms with E-state index < -0.39 is 17.5 Å². The number of nitrogens with one attached hydrogen (secondary N) is 1. The summed E-state index contributed by atoms with van der Waals surface area (Å²) in [6.45, 7) is 1.62. The van der Waals surface area contributed by atoms with E-state index >= 15 is 0 Å². The number of hydrogen-bond acceptors (Lipinski definition) is 5. The van der Waals surface area contributed by atoms with Crippen molar-refractivity contribution in [2.45, 2.75) is 44.2 Å². The fourth-order valence-corrected chi connectivity index (χ4v) is 5.05. The minimum Gasteiger partial charge on any atom is -0.482 e. The second kappa shape index (κ2) is 10.4. The van der Waals surface area contributed by atoms with Crippen LogP contribution in [0.1, 0.15) is 54.6 Å². The maximum absolute atomic E-state index is 13.9. The van der Waals surface area contributed by atoms with Crippen molar-refractivity contribution < 1.29 is 19.0 Å². The summed E-state index contributed by atoms with van der Waals surface area (Å²) in [6, 6.07) is 11.4. The topological polar surface area (TPSA) is 97.5 Å². The molecule has 9 heteroatoms. The van der Waals surface area contributed by atoms with Crippen molar-refractivity contribution in [1.29, 1.82) is 0 Å². The molecule has 1 atom stereocenters. The van der Waals surface area contributed by atoms with Crippen LogP contribution < -0.4 is 15.8 Å². The van der Waals surface area contributed by atoms with Gasteiger partial charge in [-0.1, -0.05) is 48.2 Å². The van der Waals surface area contributed by atoms with Crippen LogP contribution in [0.25, 0.3) is 11.1 Å². The Morgan fingerprint density at radius 2 is 1.89 bits per heavy atom. The van der Waals surface area contributed by atoms with E-state index in [1.807, 2.05) is 0 Å². The molecule has 0 saturated heterocycles. The molecule has 6 nitrogen and oxygen atoms in total. The van der Waals surface area contributed by atoms with Gasteiger partial charge in [-0.05, 0) is 55.7 Å². The fraction of sp³-hybridized carbons (Fsp3) is 0.308. The molecule has 4 rings (SSSR count). The Morgan fingerprint density at radius 1 is 1.20 bits per heavy atom. The number of aliphatic hydroxyl groups excluding tert-OH is 1. The molecular weight excluding hydrogens is 492 g/mol. The molecule has 1 fully saturated rings. The Kier molecular flexibility index (Phi) is 7.50. The number of halogens is 3. The summed E-state index contributed by atoms with van der Waals surface area (Å²) in [5.74, 6) is -0.363. The van der Waals surface area contributed by atoms with Crippen LogP contribution >= 0.6 is 23.2 Å². The lowest BCUT2D eigenvalue weighted by Crippen LogP contribution is -2.49. The fourth-order valence-electron chi connectivity index (χ4n) is 4.37. The van der Waals surface area contributed by atoms with Gasteiger partial charge in [0.1, 0.15) is 11.9 Å². The number of aliphatic hydroxyl groups is 1. The van der Waals surface area contributed by atoms with E-state index in [0.717, 1.165) is 31.2 Å². The van der Waals surface area contributed by atoms with E-state index in [1.54, 1.807) is 43.5 Å². The summed E-state index contributed by atoms with van der Waals surface area (Å²) in [5.41, 5.74) is 7.81. The van der Waals surface area contributed by atoms with Crippen molar-refractivity contribution in [3.63, 3.8) is 0 Å². The monoisotopic (exact) mass is 517 g/mol. The number of carbonyl (C=O) groups excluding carboxylic acids is 1. The van der Waals surface area contributed by atoms with Crippen LogP contribution in [-0.2, 0) is 0 Å². The lowest BCUT2D eigenvalue weighted by atomic mass is 9.98. The summed E-state index contributed by atoms with van der Waals surface area (Å²) >= 11 is 12.3. The molecule has 1 aromatic heterocycles. The number of pyridine rings is 1. The first-order chi connectivity index (χ1) is 16.7. The van der Waals surface area contributed by atoms with Crippen LogP contribution in [0.3, 0.4) is 0 Å². The Morgan fingerprint density at radius 3 is 2.54 bits per heavy atom. The van der Waals surface area contributed by atoms with Gasteiger partial charge in [-0.15, -0.1) is 0 Å². The molecule has 0 spiro atoms. The summed E-state index contributed by atoms with van der Waals surface area (Å²) in [6.07, 6.45) is 4.44. The highest BCUT2D eigenvalue weighted by atomic mass is 35.5. The van der Waals surface area contributed by atoms with Crippen molar-refractivity contribution in [2.24, 2.45) is 0 Å². The summed E-state index contributed by atoms with van der Waals surface area (Å²) in [7, 11) is 0. The van der Waals surface area contributed by atoms with Gasteiger partial charge in [0.05, 0.1) is 17.2 Å². The number of benzene rings is 2. The third kappa shape index (κ3) is 5.37. The molecule has 1 heterocycles. The van der Waals surface area contributed by atoms with Crippen molar-refractivity contribution in [3.05, 3.63) is 75.7 Å². The zero-order valence-corrected chi connectivity index (χ0v) is 20.7. The van der Waals surface area contributed by atoms with Crippen molar-refractivity contribution >= 4 is 34.9 Å². The summed E-state index contributed by atoms with van der Waals surface area (Å²) in [5, 5.41) is 12.9. The number of nitrogen functional groups attached to an aromatic ring is 1. The third-order valence-corrected chi connectivity index (χ3v) is 7.11. The van der Waals surface area contributed by atoms with Gasteiger partial charge in [-0.25, -0.2) is 9.37 Å². The van der Waals surface area contributed by atoms with Crippen LogP contribution in [0.15, 0.2) is 48.7 Å². The second-order valence-corrected chi connectivity index (χ2v) is 9.59. The minimum absolute atomic E-state index is 0.0683. The van der Waals surface area contributed by atoms with Crippen molar-refractivity contribution in [2.75, 3.05) is 12.3 Å². The van der Waals surface area contributed by atoms with E-state index in [-0.39, 0.29) is 28.4 Å². The van der Waals surface area contributed by atoms with Crippen LogP contribution in [-0.4, -0.2) is 28.1 Å². The number of nitrogens with two attached hydrogens (primary N) is 1. The molecule has 0 radical (unpaired) electrons.